The van der Waals surface area contributed by atoms with E-state index in [0.717, 1.165) is 11.3 Å². The van der Waals surface area contributed by atoms with Gasteiger partial charge in [0.25, 0.3) is 15.9 Å². The highest BCUT2D eigenvalue weighted by atomic mass is 32.2. The Morgan fingerprint density at radius 2 is 1.81 bits per heavy atom. The SMILES string of the molecule is CCOC(=O)c1csc(NC(=O)c2ccccc2NS(=O)(=O)c2ccc(OC)cc2)n1. The maximum atomic E-state index is 12.7. The third-order valence-corrected chi connectivity index (χ3v) is 6.13. The molecule has 0 spiro atoms. The summed E-state index contributed by atoms with van der Waals surface area (Å²) in [4.78, 5) is 28.5. The van der Waals surface area contributed by atoms with Gasteiger partial charge in [-0.3, -0.25) is 14.8 Å². The summed E-state index contributed by atoms with van der Waals surface area (Å²) >= 11 is 1.05. The van der Waals surface area contributed by atoms with Crippen LogP contribution < -0.4 is 14.8 Å². The molecule has 1 heterocycles. The number of esters is 1. The van der Waals surface area contributed by atoms with Crippen LogP contribution in [0.15, 0.2) is 58.8 Å². The Morgan fingerprint density at radius 1 is 1.10 bits per heavy atom. The molecule has 0 aliphatic rings. The van der Waals surface area contributed by atoms with Gasteiger partial charge in [0.1, 0.15) is 5.75 Å². The summed E-state index contributed by atoms with van der Waals surface area (Å²) in [5.41, 5.74) is 0.265. The maximum absolute atomic E-state index is 12.7. The van der Waals surface area contributed by atoms with Crippen molar-refractivity contribution in [2.75, 3.05) is 23.8 Å². The van der Waals surface area contributed by atoms with E-state index < -0.39 is 21.9 Å². The Labute approximate surface area is 183 Å². The third kappa shape index (κ3) is 5.38. The zero-order chi connectivity index (χ0) is 22.4. The van der Waals surface area contributed by atoms with Crippen LogP contribution in [-0.4, -0.2) is 39.0 Å². The average molecular weight is 462 g/mol. The molecule has 0 fully saturated rings. The van der Waals surface area contributed by atoms with Gasteiger partial charge in [-0.15, -0.1) is 11.3 Å². The van der Waals surface area contributed by atoms with Crippen LogP contribution in [0, 0.1) is 0 Å². The molecule has 0 saturated carbocycles. The lowest BCUT2D eigenvalue weighted by molar-refractivity contribution is 0.0520. The fourth-order valence-corrected chi connectivity index (χ4v) is 4.28. The van der Waals surface area contributed by atoms with E-state index in [1.54, 1.807) is 19.1 Å². The van der Waals surface area contributed by atoms with Crippen LogP contribution in [0.3, 0.4) is 0 Å². The number of aromatic nitrogens is 1. The lowest BCUT2D eigenvalue weighted by atomic mass is 10.2. The molecule has 0 radical (unpaired) electrons. The Bertz CT molecular complexity index is 1190. The predicted octanol–water partition coefficient (Wildman–Crippen LogP) is 3.38. The molecule has 0 atom stereocenters. The number of hydrogen-bond donors (Lipinski definition) is 2. The molecule has 2 N–H and O–H groups in total. The summed E-state index contributed by atoms with van der Waals surface area (Å²) in [6, 6.07) is 12.0. The summed E-state index contributed by atoms with van der Waals surface area (Å²) in [6.45, 7) is 1.89. The number of carbonyl (C=O) groups excluding carboxylic acids is 2. The van der Waals surface area contributed by atoms with Gasteiger partial charge in [0.2, 0.25) is 0 Å². The van der Waals surface area contributed by atoms with Gasteiger partial charge in [0.05, 0.1) is 29.9 Å². The van der Waals surface area contributed by atoms with Gasteiger partial charge in [-0.05, 0) is 43.3 Å². The largest absolute Gasteiger partial charge is 0.497 e. The zero-order valence-corrected chi connectivity index (χ0v) is 18.2. The number of benzene rings is 2. The van der Waals surface area contributed by atoms with Crippen LogP contribution in [0.1, 0.15) is 27.8 Å². The van der Waals surface area contributed by atoms with E-state index in [1.807, 2.05) is 0 Å². The monoisotopic (exact) mass is 461 g/mol. The zero-order valence-electron chi connectivity index (χ0n) is 16.6. The minimum atomic E-state index is -3.94. The number of sulfonamides is 1. The molecule has 0 aliphatic heterocycles. The van der Waals surface area contributed by atoms with E-state index in [-0.39, 0.29) is 33.6 Å². The van der Waals surface area contributed by atoms with E-state index in [2.05, 4.69) is 15.0 Å². The summed E-state index contributed by atoms with van der Waals surface area (Å²) in [5.74, 6) is -0.658. The first-order valence-electron chi connectivity index (χ1n) is 9.04. The van der Waals surface area contributed by atoms with E-state index in [1.165, 1.54) is 48.9 Å². The Morgan fingerprint density at radius 3 is 2.48 bits per heavy atom. The first kappa shape index (κ1) is 22.2. The summed E-state index contributed by atoms with van der Waals surface area (Å²) in [5, 5.41) is 4.21. The summed E-state index contributed by atoms with van der Waals surface area (Å²) in [6.07, 6.45) is 0. The van der Waals surface area contributed by atoms with Crippen molar-refractivity contribution in [3.8, 4) is 5.75 Å². The standard InChI is InChI=1S/C20H19N3O6S2/c1-3-29-19(25)17-12-30-20(21-17)22-18(24)15-6-4-5-7-16(15)23-31(26,27)14-10-8-13(28-2)9-11-14/h4-12,23H,3H2,1-2H3,(H,21,22,24). The van der Waals surface area contributed by atoms with Crippen LogP contribution >= 0.6 is 11.3 Å². The fraction of sp³-hybridized carbons (Fsp3) is 0.150. The van der Waals surface area contributed by atoms with Crippen molar-refractivity contribution < 1.29 is 27.5 Å². The van der Waals surface area contributed by atoms with E-state index in [4.69, 9.17) is 9.47 Å². The van der Waals surface area contributed by atoms with Crippen LogP contribution in [0.4, 0.5) is 10.8 Å². The van der Waals surface area contributed by atoms with Gasteiger partial charge in [-0.2, -0.15) is 0 Å². The Hall–Kier alpha value is -3.44. The van der Waals surface area contributed by atoms with Crippen LogP contribution in [0.25, 0.3) is 0 Å². The highest BCUT2D eigenvalue weighted by molar-refractivity contribution is 7.92. The molecule has 11 heteroatoms. The van der Waals surface area contributed by atoms with E-state index in [9.17, 15) is 18.0 Å². The second-order valence-electron chi connectivity index (χ2n) is 6.04. The molecule has 9 nitrogen and oxygen atoms in total. The first-order valence-corrected chi connectivity index (χ1v) is 11.4. The highest BCUT2D eigenvalue weighted by Gasteiger charge is 2.20. The van der Waals surface area contributed by atoms with Gasteiger partial charge in [-0.25, -0.2) is 18.2 Å². The van der Waals surface area contributed by atoms with Crippen LogP contribution in [0.2, 0.25) is 0 Å². The molecule has 0 aliphatic carbocycles. The van der Waals surface area contributed by atoms with E-state index >= 15 is 0 Å². The first-order chi connectivity index (χ1) is 14.8. The maximum Gasteiger partial charge on any atom is 0.357 e. The number of para-hydroxylation sites is 1. The van der Waals surface area contributed by atoms with Crippen molar-refractivity contribution in [2.45, 2.75) is 11.8 Å². The molecule has 1 amide bonds. The van der Waals surface area contributed by atoms with Crippen LogP contribution in [0.5, 0.6) is 5.75 Å². The third-order valence-electron chi connectivity index (χ3n) is 3.99. The molecule has 1 aromatic heterocycles. The highest BCUT2D eigenvalue weighted by Crippen LogP contribution is 2.24. The number of amides is 1. The normalized spacial score (nSPS) is 10.9. The predicted molar refractivity (Wildman–Crippen MR) is 116 cm³/mol. The molecule has 0 unspecified atom stereocenters. The molecule has 2 aromatic carbocycles. The lowest BCUT2D eigenvalue weighted by Crippen LogP contribution is -2.18. The van der Waals surface area contributed by atoms with Gasteiger partial charge in [0.15, 0.2) is 10.8 Å². The number of nitrogens with zero attached hydrogens (tertiary/aromatic N) is 1. The molecule has 162 valence electrons. The number of hydrogen-bond acceptors (Lipinski definition) is 8. The molecule has 3 rings (SSSR count). The van der Waals surface area contributed by atoms with Crippen molar-refractivity contribution in [2.24, 2.45) is 0 Å². The number of carbonyl (C=O) groups is 2. The van der Waals surface area contributed by atoms with Crippen LogP contribution in [-0.2, 0) is 14.8 Å². The number of thiazole rings is 1. The molecular weight excluding hydrogens is 442 g/mol. The van der Waals surface area contributed by atoms with Gasteiger partial charge in [-0.1, -0.05) is 12.1 Å². The van der Waals surface area contributed by atoms with E-state index in [0.29, 0.717) is 5.75 Å². The lowest BCUT2D eigenvalue weighted by Gasteiger charge is -2.12. The summed E-state index contributed by atoms with van der Waals surface area (Å²) in [7, 11) is -2.46. The second-order valence-corrected chi connectivity index (χ2v) is 8.58. The minimum absolute atomic E-state index is 0.0162. The van der Waals surface area contributed by atoms with Crippen molar-refractivity contribution in [3.63, 3.8) is 0 Å². The minimum Gasteiger partial charge on any atom is -0.497 e. The second kappa shape index (κ2) is 9.58. The average Bonchev–Trinajstić information content (AvgIpc) is 3.22. The quantitative estimate of drug-likeness (QED) is 0.493. The van der Waals surface area contributed by atoms with Gasteiger partial charge >= 0.3 is 5.97 Å². The fourth-order valence-electron chi connectivity index (χ4n) is 2.52. The number of ether oxygens (including phenoxy) is 2. The summed E-state index contributed by atoms with van der Waals surface area (Å²) < 4.78 is 37.8. The number of rotatable bonds is 8. The van der Waals surface area contributed by atoms with Crippen molar-refractivity contribution in [1.29, 1.82) is 0 Å². The van der Waals surface area contributed by atoms with Gasteiger partial charge < -0.3 is 9.47 Å². The Balaban J connectivity index is 1.79. The number of methoxy groups -OCH3 is 1. The van der Waals surface area contributed by atoms with Crippen molar-refractivity contribution >= 4 is 44.1 Å². The molecule has 0 saturated heterocycles. The number of nitrogens with one attached hydrogen (secondary N) is 2. The molecular formula is C20H19N3O6S2. The van der Waals surface area contributed by atoms with Gasteiger partial charge in [0, 0.05) is 5.38 Å². The molecule has 0 bridgehead atoms. The molecule has 31 heavy (non-hydrogen) atoms. The smallest absolute Gasteiger partial charge is 0.357 e. The topological polar surface area (TPSA) is 124 Å². The van der Waals surface area contributed by atoms with Crippen molar-refractivity contribution in [1.82, 2.24) is 4.98 Å². The number of anilines is 2. The van der Waals surface area contributed by atoms with Crippen molar-refractivity contribution in [3.05, 3.63) is 65.2 Å². The molecule has 3 aromatic rings. The Kier molecular flexibility index (Phi) is 6.88.